The number of nitrogens with zero attached hydrogens (tertiary/aromatic N) is 1. The summed E-state index contributed by atoms with van der Waals surface area (Å²) < 4.78 is 6.53. The average molecular weight is 348 g/mol. The van der Waals surface area contributed by atoms with E-state index >= 15 is 0 Å². The Balaban J connectivity index is 1.92. The minimum absolute atomic E-state index is 0.0455. The third-order valence-electron chi connectivity index (χ3n) is 2.71. The fourth-order valence-corrected chi connectivity index (χ4v) is 3.12. The third-order valence-corrected chi connectivity index (χ3v) is 4.56. The maximum atomic E-state index is 7.42. The number of fused-ring (bicyclic) bond motifs is 1. The van der Waals surface area contributed by atoms with E-state index in [0.717, 1.165) is 20.5 Å². The fraction of sp³-hybridized carbons (Fsp3) is 0. The van der Waals surface area contributed by atoms with Gasteiger partial charge in [0.15, 0.2) is 5.58 Å². The second-order valence-corrected chi connectivity index (χ2v) is 5.96. The predicted octanol–water partition coefficient (Wildman–Crippen LogP) is 4.03. The molecule has 2 aromatic carbocycles. The Kier molecular flexibility index (Phi) is 3.50. The van der Waals surface area contributed by atoms with Crippen molar-refractivity contribution in [3.63, 3.8) is 0 Å². The van der Waals surface area contributed by atoms with Crippen LogP contribution in [0.4, 0.5) is 0 Å². The molecular weight excluding hydrogens is 338 g/mol. The number of aromatic nitrogens is 1. The van der Waals surface area contributed by atoms with Gasteiger partial charge >= 0.3 is 0 Å². The molecule has 0 bridgehead atoms. The molecule has 3 rings (SSSR count). The summed E-state index contributed by atoms with van der Waals surface area (Å²) >= 11 is 4.90. The van der Waals surface area contributed by atoms with Crippen LogP contribution in [0.5, 0.6) is 0 Å². The van der Waals surface area contributed by atoms with E-state index in [4.69, 9.17) is 15.6 Å². The molecule has 0 amide bonds. The largest absolute Gasteiger partial charge is 0.431 e. The maximum absolute atomic E-state index is 7.42. The predicted molar refractivity (Wildman–Crippen MR) is 83.3 cm³/mol. The Hall–Kier alpha value is -1.79. The number of benzene rings is 2. The Morgan fingerprint density at radius 3 is 2.75 bits per heavy atom. The summed E-state index contributed by atoms with van der Waals surface area (Å²) in [5.41, 5.74) is 7.75. The SMILES string of the molecule is N=C(N)c1ccc(Sc2nc3ccccc3o2)c(Br)c1. The lowest BCUT2D eigenvalue weighted by atomic mass is 10.2. The Morgan fingerprint density at radius 2 is 2.05 bits per heavy atom. The molecule has 1 heterocycles. The van der Waals surface area contributed by atoms with Gasteiger partial charge in [-0.25, -0.2) is 4.98 Å². The standard InChI is InChI=1S/C14H10BrN3OS/c15-9-7-8(13(16)17)5-6-12(9)20-14-18-10-3-1-2-4-11(10)19-14/h1-7H,(H3,16,17). The number of hydrogen-bond donors (Lipinski definition) is 2. The minimum Gasteiger partial charge on any atom is -0.431 e. The van der Waals surface area contributed by atoms with Crippen LogP contribution >= 0.6 is 27.7 Å². The van der Waals surface area contributed by atoms with E-state index in [1.165, 1.54) is 11.8 Å². The van der Waals surface area contributed by atoms with Gasteiger partial charge in [0.05, 0.1) is 0 Å². The lowest BCUT2D eigenvalue weighted by Gasteiger charge is -2.03. The highest BCUT2D eigenvalue weighted by molar-refractivity contribution is 9.10. The van der Waals surface area contributed by atoms with Crippen molar-refractivity contribution < 1.29 is 4.42 Å². The van der Waals surface area contributed by atoms with Crippen molar-refractivity contribution in [3.8, 4) is 0 Å². The average Bonchev–Trinajstić information content (AvgIpc) is 2.83. The van der Waals surface area contributed by atoms with Crippen LogP contribution in [0, 0.1) is 5.41 Å². The molecule has 0 fully saturated rings. The van der Waals surface area contributed by atoms with Gasteiger partial charge in [0.2, 0.25) is 0 Å². The molecule has 4 nitrogen and oxygen atoms in total. The number of oxazole rings is 1. The minimum atomic E-state index is 0.0455. The third kappa shape index (κ3) is 2.57. The Bertz CT molecular complexity index is 767. The number of rotatable bonds is 3. The number of amidine groups is 1. The maximum Gasteiger partial charge on any atom is 0.261 e. The van der Waals surface area contributed by atoms with Gasteiger partial charge in [0.1, 0.15) is 11.4 Å². The molecule has 3 aromatic rings. The van der Waals surface area contributed by atoms with E-state index in [0.29, 0.717) is 10.8 Å². The zero-order chi connectivity index (χ0) is 14.1. The molecular formula is C14H10BrN3OS. The smallest absolute Gasteiger partial charge is 0.261 e. The first-order chi connectivity index (χ1) is 9.63. The van der Waals surface area contributed by atoms with Crippen molar-refractivity contribution in [1.82, 2.24) is 4.98 Å². The van der Waals surface area contributed by atoms with Crippen molar-refractivity contribution >= 4 is 44.6 Å². The Morgan fingerprint density at radius 1 is 1.25 bits per heavy atom. The van der Waals surface area contributed by atoms with Crippen molar-refractivity contribution in [1.29, 1.82) is 5.41 Å². The molecule has 3 N–H and O–H groups in total. The summed E-state index contributed by atoms with van der Waals surface area (Å²) in [7, 11) is 0. The van der Waals surface area contributed by atoms with Crippen LogP contribution < -0.4 is 5.73 Å². The zero-order valence-corrected chi connectivity index (χ0v) is 12.7. The molecule has 1 aromatic heterocycles. The molecule has 0 saturated carbocycles. The molecule has 0 aliphatic carbocycles. The second-order valence-electron chi connectivity index (χ2n) is 4.11. The van der Waals surface area contributed by atoms with Crippen LogP contribution in [-0.2, 0) is 0 Å². The quantitative estimate of drug-likeness (QED) is 0.554. The normalized spacial score (nSPS) is 10.8. The second kappa shape index (κ2) is 5.30. The van der Waals surface area contributed by atoms with E-state index in [1.807, 2.05) is 36.4 Å². The van der Waals surface area contributed by atoms with Gasteiger partial charge in [0, 0.05) is 14.9 Å². The zero-order valence-electron chi connectivity index (χ0n) is 10.3. The van der Waals surface area contributed by atoms with E-state index < -0.39 is 0 Å². The number of para-hydroxylation sites is 2. The Labute approximate surface area is 128 Å². The van der Waals surface area contributed by atoms with Gasteiger partial charge in [-0.15, -0.1) is 0 Å². The molecule has 0 aliphatic rings. The van der Waals surface area contributed by atoms with Crippen LogP contribution in [-0.4, -0.2) is 10.8 Å². The van der Waals surface area contributed by atoms with Crippen molar-refractivity contribution in [2.45, 2.75) is 10.1 Å². The molecule has 0 spiro atoms. The highest BCUT2D eigenvalue weighted by Crippen LogP contribution is 2.34. The number of hydrogen-bond acceptors (Lipinski definition) is 4. The first-order valence-electron chi connectivity index (χ1n) is 5.81. The first kappa shape index (κ1) is 13.2. The summed E-state index contributed by atoms with van der Waals surface area (Å²) in [6.45, 7) is 0. The van der Waals surface area contributed by atoms with Crippen molar-refractivity contribution in [3.05, 3.63) is 52.5 Å². The van der Waals surface area contributed by atoms with E-state index in [9.17, 15) is 0 Å². The highest BCUT2D eigenvalue weighted by Gasteiger charge is 2.10. The lowest BCUT2D eigenvalue weighted by molar-refractivity contribution is 0.489. The highest BCUT2D eigenvalue weighted by atomic mass is 79.9. The van der Waals surface area contributed by atoms with Gasteiger partial charge in [-0.1, -0.05) is 18.2 Å². The summed E-state index contributed by atoms with van der Waals surface area (Å²) in [6.07, 6.45) is 0. The molecule has 0 saturated heterocycles. The molecule has 20 heavy (non-hydrogen) atoms. The van der Waals surface area contributed by atoms with Crippen molar-refractivity contribution in [2.75, 3.05) is 0 Å². The fourth-order valence-electron chi connectivity index (χ4n) is 1.74. The molecule has 0 aliphatic heterocycles. The molecule has 100 valence electrons. The summed E-state index contributed by atoms with van der Waals surface area (Å²) in [5.74, 6) is 0.0455. The van der Waals surface area contributed by atoms with Crippen molar-refractivity contribution in [2.24, 2.45) is 5.73 Å². The van der Waals surface area contributed by atoms with Crippen LogP contribution in [0.25, 0.3) is 11.1 Å². The van der Waals surface area contributed by atoms with Gasteiger partial charge in [-0.3, -0.25) is 5.41 Å². The number of halogens is 1. The van der Waals surface area contributed by atoms with Crippen LogP contribution in [0.15, 0.2) is 61.5 Å². The summed E-state index contributed by atoms with van der Waals surface area (Å²) in [6, 6.07) is 13.2. The lowest BCUT2D eigenvalue weighted by Crippen LogP contribution is -2.10. The van der Waals surface area contributed by atoms with Gasteiger partial charge in [-0.2, -0.15) is 0 Å². The molecule has 0 atom stereocenters. The van der Waals surface area contributed by atoms with Gasteiger partial charge < -0.3 is 10.2 Å². The van der Waals surface area contributed by atoms with Gasteiger partial charge in [-0.05, 0) is 52.0 Å². The summed E-state index contributed by atoms with van der Waals surface area (Å²) in [5, 5.41) is 8.00. The number of nitrogens with two attached hydrogens (primary N) is 1. The van der Waals surface area contributed by atoms with E-state index in [-0.39, 0.29) is 5.84 Å². The van der Waals surface area contributed by atoms with Crippen LogP contribution in [0.3, 0.4) is 0 Å². The van der Waals surface area contributed by atoms with E-state index in [1.54, 1.807) is 6.07 Å². The van der Waals surface area contributed by atoms with Gasteiger partial charge in [0.25, 0.3) is 5.22 Å². The first-order valence-corrected chi connectivity index (χ1v) is 7.42. The van der Waals surface area contributed by atoms with Crippen LogP contribution in [0.1, 0.15) is 5.56 Å². The molecule has 0 radical (unpaired) electrons. The topological polar surface area (TPSA) is 75.9 Å². The number of nitrogens with one attached hydrogen (secondary N) is 1. The molecule has 0 unspecified atom stereocenters. The van der Waals surface area contributed by atoms with Crippen LogP contribution in [0.2, 0.25) is 0 Å². The monoisotopic (exact) mass is 347 g/mol. The number of nitrogen functional groups attached to an aromatic ring is 1. The van der Waals surface area contributed by atoms with E-state index in [2.05, 4.69) is 20.9 Å². The molecule has 6 heteroatoms. The summed E-state index contributed by atoms with van der Waals surface area (Å²) in [4.78, 5) is 5.37.